The summed E-state index contributed by atoms with van der Waals surface area (Å²) in [6.45, 7) is 5.36. The Morgan fingerprint density at radius 3 is 1.44 bits per heavy atom. The van der Waals surface area contributed by atoms with E-state index in [2.05, 4.69) is 0 Å². The average Bonchev–Trinajstić information content (AvgIpc) is 1.31. The zero-order valence-electron chi connectivity index (χ0n) is 4.99. The molecule has 2 N–H and O–H groups in total. The third-order valence-electron chi connectivity index (χ3n) is 0.739. The fourth-order valence-electron chi connectivity index (χ4n) is 0. The van der Waals surface area contributed by atoms with Crippen LogP contribution in [0.3, 0.4) is 0 Å². The van der Waals surface area contributed by atoms with Crippen molar-refractivity contribution in [2.24, 2.45) is 11.1 Å². The third kappa shape index (κ3) is 8.60. The predicted octanol–water partition coefficient (Wildman–Crippen LogP) is -1.31. The number of carbonyl (C=O) groups excluding carboxylic acids is 1. The van der Waals surface area contributed by atoms with Crippen molar-refractivity contribution in [1.82, 2.24) is 0 Å². The van der Waals surface area contributed by atoms with Crippen molar-refractivity contribution in [1.29, 1.82) is 0 Å². The molecule has 0 spiro atoms. The van der Waals surface area contributed by atoms with Crippen LogP contribution in [0.5, 0.6) is 0 Å². The Bertz CT molecular complexity index is 89.4. The summed E-state index contributed by atoms with van der Waals surface area (Å²) >= 11 is 0. The van der Waals surface area contributed by atoms with Crippen molar-refractivity contribution in [3.8, 4) is 0 Å². The molecule has 1 amide bonds. The Morgan fingerprint density at radius 1 is 1.33 bits per heavy atom. The molecule has 0 bridgehead atoms. The van der Waals surface area contributed by atoms with Crippen molar-refractivity contribution in [2.45, 2.75) is 20.8 Å². The molecule has 0 aromatic heterocycles. The van der Waals surface area contributed by atoms with Gasteiger partial charge in [0.15, 0.2) is 17.4 Å². The molecule has 0 aliphatic carbocycles. The van der Waals surface area contributed by atoms with Gasteiger partial charge in [-0.05, 0) is 0 Å². The zero-order chi connectivity index (χ0) is 6.08. The van der Waals surface area contributed by atoms with Crippen molar-refractivity contribution < 1.29 is 4.79 Å². The summed E-state index contributed by atoms with van der Waals surface area (Å²) in [6, 6.07) is 0. The van der Waals surface area contributed by atoms with E-state index in [4.69, 9.17) is 5.73 Å². The van der Waals surface area contributed by atoms with Crippen LogP contribution in [-0.2, 0) is 4.79 Å². The average molecular weight is 139 g/mol. The van der Waals surface area contributed by atoms with Crippen molar-refractivity contribution in [3.63, 3.8) is 0 Å². The summed E-state index contributed by atoms with van der Waals surface area (Å²) < 4.78 is 0. The Balaban J connectivity index is -0.000000180. The molecule has 2 nitrogen and oxygen atoms in total. The van der Waals surface area contributed by atoms with E-state index < -0.39 is 0 Å². The van der Waals surface area contributed by atoms with Gasteiger partial charge in [-0.15, -0.1) is 0 Å². The second-order valence-electron chi connectivity index (χ2n) is 2.61. The molecule has 0 unspecified atom stereocenters. The molecular weight excluding hydrogens is 124 g/mol. The van der Waals surface area contributed by atoms with Crippen LogP contribution in [0, 0.1) is 5.41 Å². The SMILES string of the molecule is CC(C)(C)C(N)=O.[AlH3].[LiH]. The number of hydrogen-bond donors (Lipinski definition) is 1. The van der Waals surface area contributed by atoms with Crippen LogP contribution in [0.2, 0.25) is 0 Å². The van der Waals surface area contributed by atoms with Crippen LogP contribution in [0.4, 0.5) is 0 Å². The number of primary amides is 1. The second-order valence-corrected chi connectivity index (χ2v) is 2.61. The summed E-state index contributed by atoms with van der Waals surface area (Å²) in [6.07, 6.45) is 0. The number of hydrogen-bond acceptors (Lipinski definition) is 1. The molecule has 0 aliphatic heterocycles. The predicted molar refractivity (Wildman–Crippen MR) is 45.7 cm³/mol. The summed E-state index contributed by atoms with van der Waals surface area (Å²) in [5.74, 6) is -0.257. The summed E-state index contributed by atoms with van der Waals surface area (Å²) in [5, 5.41) is 0. The van der Waals surface area contributed by atoms with Crippen LogP contribution in [-0.4, -0.2) is 42.1 Å². The Hall–Kier alpha value is 0.600. The first-order valence-electron chi connectivity index (χ1n) is 2.24. The van der Waals surface area contributed by atoms with Crippen LogP contribution >= 0.6 is 0 Å². The standard InChI is InChI=1S/C5H11NO.Al.Li.4H/c1-5(2,3)4(6)7;;;;;;/h1-3H3,(H2,6,7);;;;;;. The number of carbonyl (C=O) groups is 1. The van der Waals surface area contributed by atoms with E-state index in [0.717, 1.165) is 0 Å². The van der Waals surface area contributed by atoms with Crippen LogP contribution in [0.15, 0.2) is 0 Å². The van der Waals surface area contributed by atoms with E-state index >= 15 is 0 Å². The molecule has 0 atom stereocenters. The molecule has 0 heterocycles. The quantitative estimate of drug-likeness (QED) is 0.416. The molecular formula is C5H15AlLiNO. The monoisotopic (exact) mass is 139 g/mol. The molecule has 4 heteroatoms. The fourth-order valence-corrected chi connectivity index (χ4v) is 0. The van der Waals surface area contributed by atoms with E-state index in [1.165, 1.54) is 0 Å². The Labute approximate surface area is 78.9 Å². The molecule has 0 aromatic rings. The number of rotatable bonds is 0. The van der Waals surface area contributed by atoms with Gasteiger partial charge in [0.25, 0.3) is 0 Å². The normalized spacial score (nSPS) is 8.78. The van der Waals surface area contributed by atoms with Gasteiger partial charge in [-0.2, -0.15) is 0 Å². The van der Waals surface area contributed by atoms with E-state index in [-0.39, 0.29) is 47.5 Å². The number of amides is 1. The molecule has 0 radical (unpaired) electrons. The zero-order valence-corrected chi connectivity index (χ0v) is 4.99. The van der Waals surface area contributed by atoms with Gasteiger partial charge < -0.3 is 5.73 Å². The van der Waals surface area contributed by atoms with Gasteiger partial charge in [-0.1, -0.05) is 20.8 Å². The van der Waals surface area contributed by atoms with E-state index in [0.29, 0.717) is 0 Å². The first-order valence-corrected chi connectivity index (χ1v) is 2.24. The van der Waals surface area contributed by atoms with Gasteiger partial charge >= 0.3 is 18.9 Å². The first-order chi connectivity index (χ1) is 2.94. The van der Waals surface area contributed by atoms with Gasteiger partial charge in [-0.3, -0.25) is 4.79 Å². The van der Waals surface area contributed by atoms with Crippen LogP contribution < -0.4 is 5.73 Å². The van der Waals surface area contributed by atoms with Gasteiger partial charge in [-0.25, -0.2) is 0 Å². The maximum absolute atomic E-state index is 10.2. The van der Waals surface area contributed by atoms with Gasteiger partial charge in [0.2, 0.25) is 5.91 Å². The molecule has 0 saturated carbocycles. The molecule has 50 valence electrons. The fraction of sp³-hybridized carbons (Fsp3) is 0.800. The van der Waals surface area contributed by atoms with E-state index in [9.17, 15) is 4.79 Å². The van der Waals surface area contributed by atoms with Gasteiger partial charge in [0.05, 0.1) is 0 Å². The molecule has 0 aliphatic rings. The molecule has 0 aromatic carbocycles. The Kier molecular flexibility index (Phi) is 9.76. The summed E-state index contributed by atoms with van der Waals surface area (Å²) in [5.41, 5.74) is 4.57. The first kappa shape index (κ1) is 16.3. The maximum atomic E-state index is 10.2. The topological polar surface area (TPSA) is 43.1 Å². The van der Waals surface area contributed by atoms with Crippen LogP contribution in [0.25, 0.3) is 0 Å². The summed E-state index contributed by atoms with van der Waals surface area (Å²) in [7, 11) is 0. The molecule has 9 heavy (non-hydrogen) atoms. The summed E-state index contributed by atoms with van der Waals surface area (Å²) in [4.78, 5) is 10.2. The van der Waals surface area contributed by atoms with Crippen LogP contribution in [0.1, 0.15) is 20.8 Å². The molecule has 0 rings (SSSR count). The van der Waals surface area contributed by atoms with Crippen molar-refractivity contribution >= 4 is 42.1 Å². The van der Waals surface area contributed by atoms with Gasteiger partial charge in [0, 0.05) is 5.41 Å². The van der Waals surface area contributed by atoms with Gasteiger partial charge in [0.1, 0.15) is 0 Å². The molecule has 0 fully saturated rings. The minimum atomic E-state index is -0.361. The second kappa shape index (κ2) is 5.39. The van der Waals surface area contributed by atoms with E-state index in [1.807, 2.05) is 0 Å². The molecule has 0 saturated heterocycles. The minimum absolute atomic E-state index is 0. The van der Waals surface area contributed by atoms with Crippen molar-refractivity contribution in [3.05, 3.63) is 0 Å². The van der Waals surface area contributed by atoms with E-state index in [1.54, 1.807) is 20.8 Å². The number of nitrogens with two attached hydrogens (primary N) is 1. The van der Waals surface area contributed by atoms with Crippen molar-refractivity contribution in [2.75, 3.05) is 0 Å². The third-order valence-corrected chi connectivity index (χ3v) is 0.739. The Morgan fingerprint density at radius 2 is 1.44 bits per heavy atom.